The van der Waals surface area contributed by atoms with Gasteiger partial charge in [0.2, 0.25) is 0 Å². The van der Waals surface area contributed by atoms with E-state index in [1.807, 2.05) is 18.3 Å². The lowest BCUT2D eigenvalue weighted by molar-refractivity contribution is 0.0499. The molecule has 7 rings (SSSR count). The van der Waals surface area contributed by atoms with Gasteiger partial charge in [-0.3, -0.25) is 0 Å². The first-order valence-corrected chi connectivity index (χ1v) is 32.1. The molecule has 3 aromatic carbocycles. The molecule has 0 spiro atoms. The van der Waals surface area contributed by atoms with Crippen molar-refractivity contribution in [1.29, 1.82) is 0 Å². The topological polar surface area (TPSA) is 44.8 Å². The highest BCUT2D eigenvalue weighted by molar-refractivity contribution is 7.30. The number of ether oxygens (including phenoxy) is 3. The molecule has 394 valence electrons. The van der Waals surface area contributed by atoms with E-state index in [1.54, 1.807) is 22.7 Å². The highest BCUT2D eigenvalue weighted by atomic mass is 32.1. The van der Waals surface area contributed by atoms with Crippen molar-refractivity contribution in [2.24, 2.45) is 0 Å². The number of rotatable bonds is 37. The third-order valence-electron chi connectivity index (χ3n) is 14.7. The zero-order chi connectivity index (χ0) is 50.5. The van der Waals surface area contributed by atoms with Crippen molar-refractivity contribution in [2.45, 2.75) is 227 Å². The van der Waals surface area contributed by atoms with E-state index < -0.39 is 11.8 Å². The number of hydrogen-bond donors (Lipinski definition) is 0. The predicted molar refractivity (Wildman–Crippen MR) is 317 cm³/mol. The fourth-order valence-electron chi connectivity index (χ4n) is 10.5. The molecule has 0 aliphatic carbocycles. The van der Waals surface area contributed by atoms with Gasteiger partial charge in [-0.05, 0) is 80.3 Å². The summed E-state index contributed by atoms with van der Waals surface area (Å²) in [6, 6.07) is 13.8. The summed E-state index contributed by atoms with van der Waals surface area (Å²) in [4.78, 5) is 17.7. The minimum Gasteiger partial charge on any atom is -0.492 e. The number of carbonyl (C=O) groups excluding carboxylic acids is 1. The third kappa shape index (κ3) is 15.7. The van der Waals surface area contributed by atoms with Gasteiger partial charge in [-0.2, -0.15) is 0 Å². The summed E-state index contributed by atoms with van der Waals surface area (Å²) in [6.07, 6.45) is 37.7. The van der Waals surface area contributed by atoms with Gasteiger partial charge in [0.15, 0.2) is 5.82 Å². The molecule has 0 unspecified atom stereocenters. The smallest absolute Gasteiger partial charge is 0.351 e. The Hall–Kier alpha value is -3.24. The van der Waals surface area contributed by atoms with Crippen LogP contribution in [0.1, 0.15) is 233 Å². The standard InChI is InChI=1S/C63H87FO4S4/c1-6-9-12-15-18-21-24-27-30-33-36-66-58-49-40-47-39-45(4)69-53(47)43-51(49)59(67-37-34-31-28-25-22-19-16-13-10-7-2)50-41-48-42-55(71-54(48)44-52(50)58)61-56-57(64)62(72-60(56)46(5)70-61)63(65)68-38-35-32-29-26-23-20-17-14-11-8-3/h39-44H,6-38H2,1-5H3. The lowest BCUT2D eigenvalue weighted by Gasteiger charge is -2.19. The molecule has 4 heterocycles. The van der Waals surface area contributed by atoms with E-state index in [4.69, 9.17) is 14.2 Å². The molecular weight excluding hydrogens is 968 g/mol. The first-order valence-electron chi connectivity index (χ1n) is 28.8. The molecule has 0 saturated heterocycles. The number of benzene rings is 3. The number of halogens is 1. The van der Waals surface area contributed by atoms with Crippen molar-refractivity contribution < 1.29 is 23.4 Å². The normalized spacial score (nSPS) is 12.0. The van der Waals surface area contributed by atoms with Crippen LogP contribution in [-0.2, 0) is 4.74 Å². The van der Waals surface area contributed by atoms with E-state index in [-0.39, 0.29) is 4.88 Å². The summed E-state index contributed by atoms with van der Waals surface area (Å²) in [5, 5.41) is 7.25. The van der Waals surface area contributed by atoms with Crippen molar-refractivity contribution in [3.05, 3.63) is 56.8 Å². The van der Waals surface area contributed by atoms with Crippen molar-refractivity contribution >= 4 is 103 Å². The maximum Gasteiger partial charge on any atom is 0.351 e. The molecule has 0 fully saturated rings. The van der Waals surface area contributed by atoms with Gasteiger partial charge < -0.3 is 14.2 Å². The number of hydrogen-bond acceptors (Lipinski definition) is 8. The minimum absolute atomic E-state index is 0.0891. The second kappa shape index (κ2) is 30.3. The lowest BCUT2D eigenvalue weighted by Crippen LogP contribution is -2.06. The minimum atomic E-state index is -0.541. The number of thiophene rings is 4. The van der Waals surface area contributed by atoms with Gasteiger partial charge in [0.1, 0.15) is 16.4 Å². The summed E-state index contributed by atoms with van der Waals surface area (Å²) in [5.41, 5.74) is 0. The van der Waals surface area contributed by atoms with Crippen LogP contribution in [0.3, 0.4) is 0 Å². The van der Waals surface area contributed by atoms with E-state index in [2.05, 4.69) is 64.1 Å². The van der Waals surface area contributed by atoms with Crippen LogP contribution in [0.15, 0.2) is 36.4 Å². The van der Waals surface area contributed by atoms with Crippen molar-refractivity contribution in [2.75, 3.05) is 19.8 Å². The summed E-state index contributed by atoms with van der Waals surface area (Å²) in [6.45, 7) is 12.7. The van der Waals surface area contributed by atoms with Crippen LogP contribution in [0.25, 0.3) is 61.6 Å². The first kappa shape index (κ1) is 56.5. The average Bonchev–Trinajstić information content (AvgIpc) is 4.15. The van der Waals surface area contributed by atoms with E-state index >= 15 is 4.39 Å². The Kier molecular flexibility index (Phi) is 23.8. The molecule has 0 aliphatic rings. The zero-order valence-corrected chi connectivity index (χ0v) is 48.2. The monoisotopic (exact) mass is 1050 g/mol. The second-order valence-electron chi connectivity index (χ2n) is 20.8. The van der Waals surface area contributed by atoms with Gasteiger partial charge in [-0.15, -0.1) is 45.3 Å². The number of unbranched alkanes of at least 4 members (excludes halogenated alkanes) is 27. The fraction of sp³-hybridized carbons (Fsp3) is 0.603. The van der Waals surface area contributed by atoms with Crippen LogP contribution in [-0.4, -0.2) is 25.8 Å². The van der Waals surface area contributed by atoms with Crippen molar-refractivity contribution in [3.63, 3.8) is 0 Å². The fourth-order valence-corrected chi connectivity index (χ4v) is 15.0. The van der Waals surface area contributed by atoms with E-state index in [9.17, 15) is 4.79 Å². The van der Waals surface area contributed by atoms with Crippen LogP contribution in [0.4, 0.5) is 4.39 Å². The Morgan fingerprint density at radius 1 is 0.458 bits per heavy atom. The van der Waals surface area contributed by atoms with Crippen molar-refractivity contribution in [1.82, 2.24) is 0 Å². The molecule has 9 heteroatoms. The van der Waals surface area contributed by atoms with Gasteiger partial charge >= 0.3 is 5.97 Å². The molecule has 0 bridgehead atoms. The average molecular weight is 1060 g/mol. The van der Waals surface area contributed by atoms with Crippen LogP contribution < -0.4 is 9.47 Å². The Morgan fingerprint density at radius 2 is 0.861 bits per heavy atom. The molecule has 0 aliphatic heterocycles. The molecular formula is C63H87FO4S4. The molecule has 7 aromatic rings. The maximum atomic E-state index is 16.6. The highest BCUT2D eigenvalue weighted by Crippen LogP contribution is 2.51. The van der Waals surface area contributed by atoms with Gasteiger partial charge in [-0.1, -0.05) is 194 Å². The Labute approximate surface area is 448 Å². The second-order valence-corrected chi connectivity index (χ2v) is 25.4. The summed E-state index contributed by atoms with van der Waals surface area (Å²) in [5.74, 6) is 0.880. The van der Waals surface area contributed by atoms with E-state index in [0.717, 1.165) is 94.6 Å². The summed E-state index contributed by atoms with van der Waals surface area (Å²) in [7, 11) is 0. The molecule has 0 radical (unpaired) electrons. The van der Waals surface area contributed by atoms with Gasteiger partial charge in [0, 0.05) is 51.0 Å². The number of carbonyl (C=O) groups is 1. The number of esters is 1. The molecule has 4 aromatic heterocycles. The summed E-state index contributed by atoms with van der Waals surface area (Å²) >= 11 is 6.39. The summed E-state index contributed by atoms with van der Waals surface area (Å²) < 4.78 is 39.5. The molecule has 4 nitrogen and oxygen atoms in total. The third-order valence-corrected chi connectivity index (χ3v) is 19.5. The van der Waals surface area contributed by atoms with Crippen molar-refractivity contribution in [3.8, 4) is 21.3 Å². The molecule has 0 atom stereocenters. The lowest BCUT2D eigenvalue weighted by atomic mass is 9.98. The predicted octanol–water partition coefficient (Wildman–Crippen LogP) is 22.8. The van der Waals surface area contributed by atoms with Gasteiger partial charge in [-0.25, -0.2) is 9.18 Å². The van der Waals surface area contributed by atoms with Crippen LogP contribution in [0.2, 0.25) is 0 Å². The number of aryl methyl sites for hydroxylation is 2. The van der Waals surface area contributed by atoms with Crippen LogP contribution in [0.5, 0.6) is 11.5 Å². The number of fused-ring (bicyclic) bond motifs is 5. The zero-order valence-electron chi connectivity index (χ0n) is 44.9. The maximum absolute atomic E-state index is 16.6. The van der Waals surface area contributed by atoms with Gasteiger partial charge in [0.25, 0.3) is 0 Å². The quantitative estimate of drug-likeness (QED) is 0.0221. The Balaban J connectivity index is 1.12. The molecule has 72 heavy (non-hydrogen) atoms. The molecule has 0 N–H and O–H groups in total. The van der Waals surface area contributed by atoms with Gasteiger partial charge in [0.05, 0.1) is 29.4 Å². The molecule has 0 amide bonds. The van der Waals surface area contributed by atoms with Crippen LogP contribution in [0, 0.1) is 19.7 Å². The highest BCUT2D eigenvalue weighted by Gasteiger charge is 2.27. The largest absolute Gasteiger partial charge is 0.492 e. The Bertz CT molecular complexity index is 2620. The van der Waals surface area contributed by atoms with Crippen LogP contribution >= 0.6 is 45.3 Å². The SMILES string of the molecule is CCCCCCCCCCCCOC(=O)c1sc2c(C)sc(-c3cc4cc5c(OCCCCCCCCCCCC)c6cc7sc(C)cc7cc6c(OCCCCCCCCCCCC)c5cc4s3)c2c1F. The molecule has 0 saturated carbocycles. The first-order chi connectivity index (χ1) is 35.3. The Morgan fingerprint density at radius 3 is 1.33 bits per heavy atom. The van der Waals surface area contributed by atoms with E-state index in [1.165, 1.54) is 187 Å². The van der Waals surface area contributed by atoms with E-state index in [0.29, 0.717) is 25.2 Å².